The maximum absolute atomic E-state index is 12.9. The Hall–Kier alpha value is -2.13. The van der Waals surface area contributed by atoms with Gasteiger partial charge in [0.2, 0.25) is 15.9 Å². The molecule has 1 aromatic rings. The first-order valence-electron chi connectivity index (χ1n) is 9.38. The summed E-state index contributed by atoms with van der Waals surface area (Å²) in [6.07, 6.45) is 0.587. The summed E-state index contributed by atoms with van der Waals surface area (Å²) in [7, 11) is -0.967. The molecular formula is C20H32N2O6S. The molecule has 0 unspecified atom stereocenters. The summed E-state index contributed by atoms with van der Waals surface area (Å²) in [6, 6.07) is 3.29. The number of carbonyl (C=O) groups excluding carboxylic acids is 2. The van der Waals surface area contributed by atoms with Gasteiger partial charge >= 0.3 is 5.97 Å². The number of sulfonamides is 1. The molecule has 0 aliphatic carbocycles. The minimum Gasteiger partial charge on any atom is -0.497 e. The lowest BCUT2D eigenvalue weighted by molar-refractivity contribution is -0.155. The molecule has 0 aromatic heterocycles. The van der Waals surface area contributed by atoms with Gasteiger partial charge in [0.15, 0.2) is 0 Å². The van der Waals surface area contributed by atoms with E-state index in [0.29, 0.717) is 23.3 Å². The Morgan fingerprint density at radius 3 is 2.17 bits per heavy atom. The van der Waals surface area contributed by atoms with Gasteiger partial charge in [-0.05, 0) is 64.3 Å². The van der Waals surface area contributed by atoms with Crippen molar-refractivity contribution < 1.29 is 27.5 Å². The second-order valence-electron chi connectivity index (χ2n) is 7.89. The average Bonchev–Trinajstić information content (AvgIpc) is 2.56. The fourth-order valence-electron chi connectivity index (χ4n) is 2.79. The SMILES string of the molecule is COc1cc(C)c(S(=O)(=O)N(C)CC(=O)NCCCC(=O)OC(C)(C)C)c(C)c1. The van der Waals surface area contributed by atoms with Gasteiger partial charge in [0, 0.05) is 20.0 Å². The predicted octanol–water partition coefficient (Wildman–Crippen LogP) is 2.17. The van der Waals surface area contributed by atoms with Crippen molar-refractivity contribution in [1.82, 2.24) is 9.62 Å². The molecule has 0 fully saturated rings. The van der Waals surface area contributed by atoms with Crippen LogP contribution in [0.25, 0.3) is 0 Å². The highest BCUT2D eigenvalue weighted by molar-refractivity contribution is 7.89. The zero-order valence-corrected chi connectivity index (χ0v) is 19.1. The first-order valence-corrected chi connectivity index (χ1v) is 10.8. The molecule has 8 nitrogen and oxygen atoms in total. The molecule has 0 aliphatic rings. The fourth-order valence-corrected chi connectivity index (χ4v) is 4.32. The molecule has 0 aliphatic heterocycles. The van der Waals surface area contributed by atoms with Crippen molar-refractivity contribution in [3.63, 3.8) is 0 Å². The van der Waals surface area contributed by atoms with Gasteiger partial charge in [0.25, 0.3) is 0 Å². The Bertz CT molecular complexity index is 820. The zero-order valence-electron chi connectivity index (χ0n) is 18.3. The smallest absolute Gasteiger partial charge is 0.306 e. The zero-order chi connectivity index (χ0) is 22.4. The van der Waals surface area contributed by atoms with Crippen LogP contribution in [0.4, 0.5) is 0 Å². The van der Waals surface area contributed by atoms with Crippen LogP contribution in [0.2, 0.25) is 0 Å². The quantitative estimate of drug-likeness (QED) is 0.478. The Labute approximate surface area is 173 Å². The Morgan fingerprint density at radius 1 is 1.14 bits per heavy atom. The van der Waals surface area contributed by atoms with Crippen molar-refractivity contribution in [1.29, 1.82) is 0 Å². The van der Waals surface area contributed by atoms with Crippen molar-refractivity contribution in [2.24, 2.45) is 0 Å². The highest BCUT2D eigenvalue weighted by Gasteiger charge is 2.27. The van der Waals surface area contributed by atoms with Gasteiger partial charge in [-0.25, -0.2) is 8.42 Å². The number of esters is 1. The second-order valence-corrected chi connectivity index (χ2v) is 9.87. The molecule has 9 heteroatoms. The molecule has 0 spiro atoms. The number of aryl methyl sites for hydroxylation is 2. The summed E-state index contributed by atoms with van der Waals surface area (Å²) < 4.78 is 37.2. The van der Waals surface area contributed by atoms with Crippen LogP contribution in [0.3, 0.4) is 0 Å². The first-order chi connectivity index (χ1) is 13.3. The lowest BCUT2D eigenvalue weighted by Gasteiger charge is -2.20. The van der Waals surface area contributed by atoms with E-state index in [-0.39, 0.29) is 30.4 Å². The third-order valence-electron chi connectivity index (χ3n) is 4.00. The van der Waals surface area contributed by atoms with Crippen molar-refractivity contribution in [2.45, 2.75) is 58.0 Å². The third-order valence-corrected chi connectivity index (χ3v) is 6.11. The van der Waals surface area contributed by atoms with E-state index in [1.807, 2.05) is 0 Å². The van der Waals surface area contributed by atoms with Gasteiger partial charge < -0.3 is 14.8 Å². The van der Waals surface area contributed by atoms with E-state index in [4.69, 9.17) is 9.47 Å². The number of ether oxygens (including phenoxy) is 2. The van der Waals surface area contributed by atoms with Gasteiger partial charge in [-0.15, -0.1) is 0 Å². The normalized spacial score (nSPS) is 12.0. The number of nitrogens with zero attached hydrogens (tertiary/aromatic N) is 1. The molecule has 0 heterocycles. The van der Waals surface area contributed by atoms with Crippen LogP contribution in [0.5, 0.6) is 5.75 Å². The van der Waals surface area contributed by atoms with Crippen LogP contribution in [0.15, 0.2) is 17.0 Å². The number of rotatable bonds is 9. The van der Waals surface area contributed by atoms with Crippen molar-refractivity contribution in [3.05, 3.63) is 23.3 Å². The van der Waals surface area contributed by atoms with Crippen LogP contribution >= 0.6 is 0 Å². The average molecular weight is 429 g/mol. The molecule has 1 rings (SSSR count). The third kappa shape index (κ3) is 7.66. The fraction of sp³-hybridized carbons (Fsp3) is 0.600. The topological polar surface area (TPSA) is 102 Å². The van der Waals surface area contributed by atoms with Gasteiger partial charge in [-0.2, -0.15) is 4.31 Å². The Kier molecular flexibility index (Phi) is 8.65. The molecule has 0 radical (unpaired) electrons. The monoisotopic (exact) mass is 428 g/mol. The minimum atomic E-state index is -3.84. The van der Waals surface area contributed by atoms with E-state index < -0.39 is 21.5 Å². The minimum absolute atomic E-state index is 0.165. The van der Waals surface area contributed by atoms with E-state index >= 15 is 0 Å². The van der Waals surface area contributed by atoms with Gasteiger partial charge in [-0.3, -0.25) is 9.59 Å². The van der Waals surface area contributed by atoms with Gasteiger partial charge in [0.05, 0.1) is 18.6 Å². The first kappa shape index (κ1) is 24.9. The van der Waals surface area contributed by atoms with Crippen molar-refractivity contribution >= 4 is 21.9 Å². The largest absolute Gasteiger partial charge is 0.497 e. The summed E-state index contributed by atoms with van der Waals surface area (Å²) in [5.74, 6) is -0.203. The number of nitrogens with one attached hydrogen (secondary N) is 1. The summed E-state index contributed by atoms with van der Waals surface area (Å²) >= 11 is 0. The number of likely N-dealkylation sites (N-methyl/N-ethyl adjacent to an activating group) is 1. The molecule has 0 atom stereocenters. The van der Waals surface area contributed by atoms with E-state index in [1.165, 1.54) is 14.2 Å². The Balaban J connectivity index is 2.63. The second kappa shape index (κ2) is 10.1. The van der Waals surface area contributed by atoms with Gasteiger partial charge in [0.1, 0.15) is 11.4 Å². The number of amides is 1. The maximum Gasteiger partial charge on any atom is 0.306 e. The van der Waals surface area contributed by atoms with E-state index in [2.05, 4.69) is 5.32 Å². The van der Waals surface area contributed by atoms with E-state index in [1.54, 1.807) is 46.8 Å². The molecule has 29 heavy (non-hydrogen) atoms. The predicted molar refractivity (Wildman–Crippen MR) is 110 cm³/mol. The molecule has 0 saturated heterocycles. The highest BCUT2D eigenvalue weighted by Crippen LogP contribution is 2.27. The number of methoxy groups -OCH3 is 1. The number of carbonyl (C=O) groups is 2. The molecule has 1 N–H and O–H groups in total. The summed E-state index contributed by atoms with van der Waals surface area (Å²) in [4.78, 5) is 23.9. The summed E-state index contributed by atoms with van der Waals surface area (Å²) in [5.41, 5.74) is 0.549. The summed E-state index contributed by atoms with van der Waals surface area (Å²) in [6.45, 7) is 8.67. The van der Waals surface area contributed by atoms with E-state index in [0.717, 1.165) is 4.31 Å². The van der Waals surface area contributed by atoms with Crippen molar-refractivity contribution in [2.75, 3.05) is 27.2 Å². The number of benzene rings is 1. The van der Waals surface area contributed by atoms with Crippen LogP contribution in [-0.4, -0.2) is 57.4 Å². The molecular weight excluding hydrogens is 396 g/mol. The Morgan fingerprint density at radius 2 is 1.69 bits per heavy atom. The van der Waals surface area contributed by atoms with Crippen LogP contribution < -0.4 is 10.1 Å². The lowest BCUT2D eigenvalue weighted by atomic mass is 10.1. The molecule has 0 saturated carbocycles. The van der Waals surface area contributed by atoms with Gasteiger partial charge in [-0.1, -0.05) is 0 Å². The van der Waals surface area contributed by atoms with Crippen LogP contribution in [-0.2, 0) is 24.3 Å². The van der Waals surface area contributed by atoms with E-state index in [9.17, 15) is 18.0 Å². The molecule has 1 aromatic carbocycles. The van der Waals surface area contributed by atoms with Crippen LogP contribution in [0, 0.1) is 13.8 Å². The highest BCUT2D eigenvalue weighted by atomic mass is 32.2. The molecule has 0 bridgehead atoms. The number of hydrogen-bond acceptors (Lipinski definition) is 6. The standard InChI is InChI=1S/C20H32N2O6S/c1-14-11-16(27-7)12-15(2)19(14)29(25,26)22(6)13-17(23)21-10-8-9-18(24)28-20(3,4)5/h11-12H,8-10,13H2,1-7H3,(H,21,23). The van der Waals surface area contributed by atoms with Crippen LogP contribution in [0.1, 0.15) is 44.7 Å². The molecule has 1 amide bonds. The molecule has 164 valence electrons. The lowest BCUT2D eigenvalue weighted by Crippen LogP contribution is -2.39. The summed E-state index contributed by atoms with van der Waals surface area (Å²) in [5, 5.41) is 2.63. The van der Waals surface area contributed by atoms with Crippen molar-refractivity contribution in [3.8, 4) is 5.75 Å². The number of hydrogen-bond donors (Lipinski definition) is 1. The maximum atomic E-state index is 12.9.